The van der Waals surface area contributed by atoms with Crippen LogP contribution in [0, 0.1) is 0 Å². The lowest BCUT2D eigenvalue weighted by molar-refractivity contribution is -0.138. The number of aliphatic imine (C=N–C) groups is 1. The van der Waals surface area contributed by atoms with Crippen molar-refractivity contribution in [1.82, 2.24) is 4.90 Å². The van der Waals surface area contributed by atoms with Crippen molar-refractivity contribution in [3.05, 3.63) is 95.6 Å². The van der Waals surface area contributed by atoms with Crippen LogP contribution in [0.3, 0.4) is 0 Å². The number of carbonyl (C=O) groups excluding carboxylic acids is 3. The number of rotatable bonds is 6. The fraction of sp³-hybridized carbons (Fsp3) is 0.154. The summed E-state index contributed by atoms with van der Waals surface area (Å²) in [6, 6.07) is 22.7. The molecule has 7 nitrogen and oxygen atoms in total. The number of amides is 2. The molecule has 0 N–H and O–H groups in total. The van der Waals surface area contributed by atoms with Crippen LogP contribution in [0.15, 0.2) is 83.9 Å². The minimum Gasteiger partial charge on any atom is -0.497 e. The molecule has 0 aliphatic carbocycles. The second-order valence-corrected chi connectivity index (χ2v) is 7.46. The fourth-order valence-electron chi connectivity index (χ4n) is 3.69. The third-order valence-corrected chi connectivity index (χ3v) is 5.42. The molecule has 0 radical (unpaired) electrons. The van der Waals surface area contributed by atoms with E-state index in [-0.39, 0.29) is 18.2 Å². The number of benzene rings is 3. The number of likely N-dealkylation sites (tertiary alicyclic amines) is 1. The normalized spacial score (nSPS) is 16.8. The molecule has 1 atom stereocenters. The molecule has 1 aliphatic rings. The number of methoxy groups -OCH3 is 2. The van der Waals surface area contributed by atoms with Crippen molar-refractivity contribution < 1.29 is 23.9 Å². The van der Waals surface area contributed by atoms with Crippen LogP contribution in [0.4, 0.5) is 5.69 Å². The summed E-state index contributed by atoms with van der Waals surface area (Å²) in [6.45, 7) is 0.0735. The van der Waals surface area contributed by atoms with Crippen LogP contribution in [0.5, 0.6) is 5.75 Å². The van der Waals surface area contributed by atoms with Crippen molar-refractivity contribution >= 4 is 29.2 Å². The Labute approximate surface area is 191 Å². The summed E-state index contributed by atoms with van der Waals surface area (Å²) in [4.78, 5) is 44.1. The molecule has 0 aromatic heterocycles. The van der Waals surface area contributed by atoms with Gasteiger partial charge in [-0.15, -0.1) is 0 Å². The lowest BCUT2D eigenvalue weighted by Crippen LogP contribution is -2.30. The summed E-state index contributed by atoms with van der Waals surface area (Å²) in [7, 11) is 2.88. The summed E-state index contributed by atoms with van der Waals surface area (Å²) in [5, 5.41) is 0. The Bertz CT molecular complexity index is 1200. The van der Waals surface area contributed by atoms with Gasteiger partial charge in [-0.2, -0.15) is 0 Å². The highest BCUT2D eigenvalue weighted by Crippen LogP contribution is 2.31. The number of nitrogens with zero attached hydrogens (tertiary/aromatic N) is 2. The second-order valence-electron chi connectivity index (χ2n) is 7.46. The van der Waals surface area contributed by atoms with E-state index in [4.69, 9.17) is 9.47 Å². The zero-order chi connectivity index (χ0) is 23.4. The van der Waals surface area contributed by atoms with Crippen LogP contribution in [-0.4, -0.2) is 42.6 Å². The molecule has 1 saturated heterocycles. The number of imide groups is 1. The van der Waals surface area contributed by atoms with Crippen molar-refractivity contribution in [3.63, 3.8) is 0 Å². The summed E-state index contributed by atoms with van der Waals surface area (Å²) in [5.74, 6) is -1.36. The molecule has 1 unspecified atom stereocenters. The standard InChI is InChI=1S/C26H22N2O5/c1-32-21-14-12-20(13-15-21)27-23-22(18-6-4-3-5-7-18)24(29)28(25(23)30)16-17-8-10-19(11-9-17)26(31)33-2/h3-15,22H,16H2,1-2H3. The molecule has 3 aromatic rings. The van der Waals surface area contributed by atoms with Crippen molar-refractivity contribution in [1.29, 1.82) is 0 Å². The fourth-order valence-corrected chi connectivity index (χ4v) is 3.69. The van der Waals surface area contributed by atoms with Crippen LogP contribution in [0.25, 0.3) is 0 Å². The van der Waals surface area contributed by atoms with E-state index in [1.54, 1.807) is 55.6 Å². The molecular weight excluding hydrogens is 420 g/mol. The van der Waals surface area contributed by atoms with Gasteiger partial charge in [-0.1, -0.05) is 42.5 Å². The Morgan fingerprint density at radius 2 is 1.58 bits per heavy atom. The van der Waals surface area contributed by atoms with Gasteiger partial charge in [-0.05, 0) is 47.5 Å². The minimum atomic E-state index is -0.796. The van der Waals surface area contributed by atoms with E-state index in [1.165, 1.54) is 12.0 Å². The third-order valence-electron chi connectivity index (χ3n) is 5.42. The third kappa shape index (κ3) is 4.52. The van der Waals surface area contributed by atoms with Gasteiger partial charge in [0.25, 0.3) is 5.91 Å². The maximum Gasteiger partial charge on any atom is 0.337 e. The van der Waals surface area contributed by atoms with Gasteiger partial charge in [0, 0.05) is 0 Å². The predicted octanol–water partition coefficient (Wildman–Crippen LogP) is 3.91. The summed E-state index contributed by atoms with van der Waals surface area (Å²) in [6.07, 6.45) is 0. The molecule has 7 heteroatoms. The molecule has 3 aromatic carbocycles. The van der Waals surface area contributed by atoms with Gasteiger partial charge in [0.15, 0.2) is 0 Å². The highest BCUT2D eigenvalue weighted by Gasteiger charge is 2.45. The highest BCUT2D eigenvalue weighted by atomic mass is 16.5. The molecular formula is C26H22N2O5. The van der Waals surface area contributed by atoms with E-state index in [2.05, 4.69) is 4.99 Å². The number of hydrogen-bond donors (Lipinski definition) is 0. The molecule has 33 heavy (non-hydrogen) atoms. The first kappa shape index (κ1) is 22.0. The number of ether oxygens (including phenoxy) is 2. The van der Waals surface area contributed by atoms with Crippen LogP contribution < -0.4 is 4.74 Å². The van der Waals surface area contributed by atoms with E-state index < -0.39 is 17.8 Å². The van der Waals surface area contributed by atoms with Gasteiger partial charge >= 0.3 is 5.97 Å². The summed E-state index contributed by atoms with van der Waals surface area (Å²) < 4.78 is 9.89. The lowest BCUT2D eigenvalue weighted by Gasteiger charge is -2.14. The van der Waals surface area contributed by atoms with Crippen molar-refractivity contribution in [2.75, 3.05) is 14.2 Å². The van der Waals surface area contributed by atoms with Crippen LogP contribution in [0.2, 0.25) is 0 Å². The van der Waals surface area contributed by atoms with E-state index in [0.29, 0.717) is 28.1 Å². The molecule has 1 fully saturated rings. The van der Waals surface area contributed by atoms with Crippen LogP contribution in [-0.2, 0) is 20.9 Å². The van der Waals surface area contributed by atoms with Gasteiger partial charge in [-0.3, -0.25) is 14.5 Å². The smallest absolute Gasteiger partial charge is 0.337 e. The average molecular weight is 442 g/mol. The highest BCUT2D eigenvalue weighted by molar-refractivity contribution is 6.52. The van der Waals surface area contributed by atoms with E-state index in [1.807, 2.05) is 30.3 Å². The summed E-state index contributed by atoms with van der Waals surface area (Å²) in [5.41, 5.74) is 2.53. The van der Waals surface area contributed by atoms with Crippen LogP contribution >= 0.6 is 0 Å². The molecule has 2 amide bonds. The Morgan fingerprint density at radius 3 is 2.18 bits per heavy atom. The second kappa shape index (κ2) is 9.48. The first-order valence-corrected chi connectivity index (χ1v) is 10.3. The van der Waals surface area contributed by atoms with Crippen molar-refractivity contribution in [2.45, 2.75) is 12.5 Å². The average Bonchev–Trinajstić information content (AvgIpc) is 3.09. The predicted molar refractivity (Wildman–Crippen MR) is 123 cm³/mol. The molecule has 1 heterocycles. The largest absolute Gasteiger partial charge is 0.497 e. The first-order chi connectivity index (χ1) is 16.0. The zero-order valence-corrected chi connectivity index (χ0v) is 18.2. The Hall–Kier alpha value is -4.26. The quantitative estimate of drug-likeness (QED) is 0.427. The first-order valence-electron chi connectivity index (χ1n) is 10.3. The summed E-state index contributed by atoms with van der Waals surface area (Å²) >= 11 is 0. The number of hydrogen-bond acceptors (Lipinski definition) is 6. The van der Waals surface area contributed by atoms with Crippen LogP contribution in [0.1, 0.15) is 27.4 Å². The molecule has 1 aliphatic heterocycles. The van der Waals surface area contributed by atoms with Gasteiger partial charge in [0.1, 0.15) is 17.4 Å². The Balaban J connectivity index is 1.68. The molecule has 0 spiro atoms. The molecule has 0 bridgehead atoms. The van der Waals surface area contributed by atoms with Gasteiger partial charge in [0.05, 0.1) is 32.0 Å². The number of carbonyl (C=O) groups is 3. The van der Waals surface area contributed by atoms with Crippen molar-refractivity contribution in [2.24, 2.45) is 4.99 Å². The van der Waals surface area contributed by atoms with Crippen molar-refractivity contribution in [3.8, 4) is 5.75 Å². The Morgan fingerprint density at radius 1 is 0.909 bits per heavy atom. The number of esters is 1. The molecule has 4 rings (SSSR count). The topological polar surface area (TPSA) is 85.3 Å². The zero-order valence-electron chi connectivity index (χ0n) is 18.2. The molecule has 166 valence electrons. The van der Waals surface area contributed by atoms with E-state index >= 15 is 0 Å². The van der Waals surface area contributed by atoms with Gasteiger partial charge < -0.3 is 9.47 Å². The monoisotopic (exact) mass is 442 g/mol. The molecule has 0 saturated carbocycles. The maximum atomic E-state index is 13.4. The SMILES string of the molecule is COC(=O)c1ccc(CN2C(=O)C(=Nc3ccc(OC)cc3)C(c3ccccc3)C2=O)cc1. The maximum absolute atomic E-state index is 13.4. The van der Waals surface area contributed by atoms with E-state index in [9.17, 15) is 14.4 Å². The van der Waals surface area contributed by atoms with E-state index in [0.717, 1.165) is 0 Å². The van der Waals surface area contributed by atoms with Gasteiger partial charge in [-0.25, -0.2) is 9.79 Å². The minimum absolute atomic E-state index is 0.0735. The Kier molecular flexibility index (Phi) is 6.31. The lowest BCUT2D eigenvalue weighted by atomic mass is 9.96. The van der Waals surface area contributed by atoms with Gasteiger partial charge in [0.2, 0.25) is 5.91 Å².